The number of ether oxygens (including phenoxy) is 1. The molecule has 0 N–H and O–H groups in total. The summed E-state index contributed by atoms with van der Waals surface area (Å²) in [5, 5.41) is 0. The number of Topliss-reactive ketones (excluding diaryl/α,β-unsaturated/α-hetero) is 1. The van der Waals surface area contributed by atoms with Gasteiger partial charge >= 0.3 is 0 Å². The molecule has 2 aromatic rings. The van der Waals surface area contributed by atoms with E-state index in [1.807, 2.05) is 36.4 Å². The van der Waals surface area contributed by atoms with Gasteiger partial charge in [-0.2, -0.15) is 0 Å². The molecule has 0 fully saturated rings. The summed E-state index contributed by atoms with van der Waals surface area (Å²) in [6, 6.07) is 16.1. The van der Waals surface area contributed by atoms with Gasteiger partial charge in [-0.05, 0) is 29.2 Å². The van der Waals surface area contributed by atoms with Crippen LogP contribution in [0.15, 0.2) is 48.5 Å². The molecule has 0 amide bonds. The molecule has 0 saturated heterocycles. The maximum Gasteiger partial charge on any atom is 0.137 e. The number of fused-ring (bicyclic) bond motifs is 1. The van der Waals surface area contributed by atoms with E-state index in [1.165, 1.54) is 5.56 Å². The lowest BCUT2D eigenvalue weighted by Gasteiger charge is -2.18. The van der Waals surface area contributed by atoms with Crippen LogP contribution in [0.25, 0.3) is 0 Å². The van der Waals surface area contributed by atoms with Gasteiger partial charge in [0.05, 0.1) is 0 Å². The molecule has 0 spiro atoms. The molecular formula is C17H16O2. The molecule has 19 heavy (non-hydrogen) atoms. The lowest BCUT2D eigenvalue weighted by atomic mass is 9.90. The highest BCUT2D eigenvalue weighted by Crippen LogP contribution is 2.28. The second-order valence-electron chi connectivity index (χ2n) is 4.88. The summed E-state index contributed by atoms with van der Waals surface area (Å²) in [5.41, 5.74) is 3.49. The van der Waals surface area contributed by atoms with Gasteiger partial charge in [-0.15, -0.1) is 0 Å². The van der Waals surface area contributed by atoms with E-state index in [4.69, 9.17) is 4.74 Å². The minimum absolute atomic E-state index is 0.327. The molecule has 0 atom stereocenters. The number of ketones is 1. The molecule has 1 aliphatic carbocycles. The normalized spacial score (nSPS) is 14.0. The van der Waals surface area contributed by atoms with E-state index in [0.717, 1.165) is 23.3 Å². The number of hydrogen-bond donors (Lipinski definition) is 0. The molecule has 2 nitrogen and oxygen atoms in total. The second-order valence-corrected chi connectivity index (χ2v) is 4.88. The molecule has 1 aliphatic rings. The number of carbonyl (C=O) groups is 1. The standard InChI is InChI=1S/C17H16O2/c18-15-9-10-16-14(11-15)7-4-8-17(16)19-12-13-5-2-1-3-6-13/h1-8H,9-12H2. The minimum atomic E-state index is 0.327. The Morgan fingerprint density at radius 1 is 0.947 bits per heavy atom. The largest absolute Gasteiger partial charge is 0.489 e. The topological polar surface area (TPSA) is 26.3 Å². The summed E-state index contributed by atoms with van der Waals surface area (Å²) < 4.78 is 5.91. The van der Waals surface area contributed by atoms with E-state index >= 15 is 0 Å². The zero-order valence-corrected chi connectivity index (χ0v) is 10.8. The molecular weight excluding hydrogens is 236 g/mol. The summed E-state index contributed by atoms with van der Waals surface area (Å²) >= 11 is 0. The number of hydrogen-bond acceptors (Lipinski definition) is 2. The third kappa shape index (κ3) is 2.68. The Morgan fingerprint density at radius 2 is 1.79 bits per heavy atom. The van der Waals surface area contributed by atoms with E-state index in [0.29, 0.717) is 25.2 Å². The lowest BCUT2D eigenvalue weighted by molar-refractivity contribution is -0.118. The summed E-state index contributed by atoms with van der Waals surface area (Å²) in [6.07, 6.45) is 2.00. The molecule has 0 saturated carbocycles. The van der Waals surface area contributed by atoms with Crippen LogP contribution in [0.5, 0.6) is 5.75 Å². The third-order valence-corrected chi connectivity index (χ3v) is 3.51. The first-order valence-electron chi connectivity index (χ1n) is 6.62. The average Bonchev–Trinajstić information content (AvgIpc) is 2.45. The quantitative estimate of drug-likeness (QED) is 0.837. The van der Waals surface area contributed by atoms with Gasteiger partial charge < -0.3 is 4.74 Å². The van der Waals surface area contributed by atoms with Crippen molar-refractivity contribution in [3.05, 3.63) is 65.2 Å². The monoisotopic (exact) mass is 252 g/mol. The molecule has 0 heterocycles. The van der Waals surface area contributed by atoms with E-state index in [-0.39, 0.29) is 0 Å². The maximum atomic E-state index is 11.5. The first kappa shape index (κ1) is 12.0. The summed E-state index contributed by atoms with van der Waals surface area (Å²) in [7, 11) is 0. The fraction of sp³-hybridized carbons (Fsp3) is 0.235. The fourth-order valence-corrected chi connectivity index (χ4v) is 2.50. The Kier molecular flexibility index (Phi) is 3.32. The smallest absolute Gasteiger partial charge is 0.137 e. The Hall–Kier alpha value is -2.09. The number of rotatable bonds is 3. The molecule has 0 bridgehead atoms. The van der Waals surface area contributed by atoms with Gasteiger partial charge in [0.25, 0.3) is 0 Å². The van der Waals surface area contributed by atoms with Crippen LogP contribution in [0.3, 0.4) is 0 Å². The van der Waals surface area contributed by atoms with Crippen LogP contribution in [0.4, 0.5) is 0 Å². The van der Waals surface area contributed by atoms with Gasteiger partial charge in [0.15, 0.2) is 0 Å². The van der Waals surface area contributed by atoms with E-state index in [9.17, 15) is 4.79 Å². The summed E-state index contributed by atoms with van der Waals surface area (Å²) in [5.74, 6) is 1.25. The molecule has 0 radical (unpaired) electrons. The zero-order chi connectivity index (χ0) is 13.1. The van der Waals surface area contributed by atoms with Crippen molar-refractivity contribution in [2.45, 2.75) is 25.9 Å². The predicted molar refractivity (Wildman–Crippen MR) is 74.2 cm³/mol. The van der Waals surface area contributed by atoms with Crippen LogP contribution in [-0.2, 0) is 24.2 Å². The molecule has 0 unspecified atom stereocenters. The van der Waals surface area contributed by atoms with Crippen LogP contribution < -0.4 is 4.74 Å². The first-order chi connectivity index (χ1) is 9.33. The maximum absolute atomic E-state index is 11.5. The zero-order valence-electron chi connectivity index (χ0n) is 10.8. The van der Waals surface area contributed by atoms with Crippen LogP contribution in [0, 0.1) is 0 Å². The van der Waals surface area contributed by atoms with Crippen molar-refractivity contribution in [1.29, 1.82) is 0 Å². The lowest BCUT2D eigenvalue weighted by Crippen LogP contribution is -2.14. The number of benzene rings is 2. The highest BCUT2D eigenvalue weighted by Gasteiger charge is 2.18. The first-order valence-corrected chi connectivity index (χ1v) is 6.62. The third-order valence-electron chi connectivity index (χ3n) is 3.51. The van der Waals surface area contributed by atoms with Crippen molar-refractivity contribution in [2.24, 2.45) is 0 Å². The highest BCUT2D eigenvalue weighted by atomic mass is 16.5. The molecule has 3 rings (SSSR count). The fourth-order valence-electron chi connectivity index (χ4n) is 2.50. The summed E-state index contributed by atoms with van der Waals surface area (Å²) in [4.78, 5) is 11.5. The van der Waals surface area contributed by atoms with Crippen LogP contribution in [0.2, 0.25) is 0 Å². The average molecular weight is 252 g/mol. The van der Waals surface area contributed by atoms with Crippen molar-refractivity contribution in [3.63, 3.8) is 0 Å². The van der Waals surface area contributed by atoms with Gasteiger partial charge in [0.1, 0.15) is 18.1 Å². The molecule has 0 aromatic heterocycles. The predicted octanol–water partition coefficient (Wildman–Crippen LogP) is 3.32. The molecule has 0 aliphatic heterocycles. The molecule has 2 aromatic carbocycles. The van der Waals surface area contributed by atoms with Crippen molar-refractivity contribution >= 4 is 5.78 Å². The van der Waals surface area contributed by atoms with Crippen LogP contribution in [0.1, 0.15) is 23.1 Å². The van der Waals surface area contributed by atoms with Crippen LogP contribution >= 0.6 is 0 Å². The SMILES string of the molecule is O=C1CCc2c(cccc2OCc2ccccc2)C1. The summed E-state index contributed by atoms with van der Waals surface area (Å²) in [6.45, 7) is 0.575. The Labute approximate surface area is 113 Å². The van der Waals surface area contributed by atoms with Gasteiger partial charge in [-0.25, -0.2) is 0 Å². The minimum Gasteiger partial charge on any atom is -0.489 e. The van der Waals surface area contributed by atoms with Gasteiger partial charge in [-0.1, -0.05) is 42.5 Å². The van der Waals surface area contributed by atoms with Crippen LogP contribution in [-0.4, -0.2) is 5.78 Å². The van der Waals surface area contributed by atoms with Gasteiger partial charge in [-0.3, -0.25) is 4.79 Å². The van der Waals surface area contributed by atoms with Gasteiger partial charge in [0, 0.05) is 12.8 Å². The molecule has 2 heteroatoms. The van der Waals surface area contributed by atoms with Crippen molar-refractivity contribution in [3.8, 4) is 5.75 Å². The van der Waals surface area contributed by atoms with Crippen molar-refractivity contribution in [1.82, 2.24) is 0 Å². The van der Waals surface area contributed by atoms with Gasteiger partial charge in [0.2, 0.25) is 0 Å². The van der Waals surface area contributed by atoms with E-state index in [1.54, 1.807) is 0 Å². The highest BCUT2D eigenvalue weighted by molar-refractivity contribution is 5.83. The van der Waals surface area contributed by atoms with E-state index in [2.05, 4.69) is 12.1 Å². The second kappa shape index (κ2) is 5.27. The Balaban J connectivity index is 1.78. The molecule has 96 valence electrons. The Bertz CT molecular complexity index is 587. The van der Waals surface area contributed by atoms with E-state index < -0.39 is 0 Å². The Morgan fingerprint density at radius 3 is 2.63 bits per heavy atom. The van der Waals surface area contributed by atoms with Crippen molar-refractivity contribution < 1.29 is 9.53 Å². The van der Waals surface area contributed by atoms with Crippen molar-refractivity contribution in [2.75, 3.05) is 0 Å². The number of carbonyl (C=O) groups excluding carboxylic acids is 1.